The lowest BCUT2D eigenvalue weighted by atomic mass is 9.83. The van der Waals surface area contributed by atoms with Crippen molar-refractivity contribution in [3.8, 4) is 0 Å². The van der Waals surface area contributed by atoms with Crippen LogP contribution in [0.2, 0.25) is 0 Å². The molecule has 4 nitrogen and oxygen atoms in total. The first-order valence-electron chi connectivity index (χ1n) is 7.19. The van der Waals surface area contributed by atoms with Gasteiger partial charge in [-0.15, -0.1) is 0 Å². The van der Waals surface area contributed by atoms with E-state index in [1.165, 1.54) is 19.3 Å². The summed E-state index contributed by atoms with van der Waals surface area (Å²) in [6.45, 7) is 6.01. The smallest absolute Gasteiger partial charge is 0.241 e. The average Bonchev–Trinajstić information content (AvgIpc) is 2.29. The first-order chi connectivity index (χ1) is 9.33. The molecule has 1 aliphatic rings. The molecular weight excluding hydrogens is 272 g/mol. The Kier molecular flexibility index (Phi) is 4.39. The molecule has 0 atom stereocenters. The Bertz CT molecular complexity index is 605. The van der Waals surface area contributed by atoms with E-state index in [1.807, 2.05) is 19.9 Å². The van der Waals surface area contributed by atoms with E-state index in [-0.39, 0.29) is 0 Å². The van der Waals surface area contributed by atoms with Crippen molar-refractivity contribution in [2.45, 2.75) is 51.3 Å². The molecule has 1 fully saturated rings. The molecule has 1 aromatic rings. The Morgan fingerprint density at radius 3 is 2.45 bits per heavy atom. The zero-order valence-corrected chi connectivity index (χ0v) is 13.3. The van der Waals surface area contributed by atoms with Crippen LogP contribution in [0.25, 0.3) is 0 Å². The fourth-order valence-electron chi connectivity index (χ4n) is 2.85. The molecule has 20 heavy (non-hydrogen) atoms. The van der Waals surface area contributed by atoms with Gasteiger partial charge in [0.2, 0.25) is 10.0 Å². The number of nitrogen functional groups attached to an aromatic ring is 1. The molecule has 1 aromatic carbocycles. The summed E-state index contributed by atoms with van der Waals surface area (Å²) in [5.74, 6) is 0.697. The van der Waals surface area contributed by atoms with Gasteiger partial charge in [-0.25, -0.2) is 13.1 Å². The Morgan fingerprint density at radius 1 is 1.25 bits per heavy atom. The largest absolute Gasteiger partial charge is 0.398 e. The summed E-state index contributed by atoms with van der Waals surface area (Å²) >= 11 is 0. The quantitative estimate of drug-likeness (QED) is 0.821. The van der Waals surface area contributed by atoms with Gasteiger partial charge < -0.3 is 5.73 Å². The van der Waals surface area contributed by atoms with Gasteiger partial charge in [0.05, 0.1) is 4.90 Å². The van der Waals surface area contributed by atoms with Crippen molar-refractivity contribution in [1.82, 2.24) is 4.72 Å². The lowest BCUT2D eigenvalue weighted by Gasteiger charge is -2.25. The maximum Gasteiger partial charge on any atom is 0.241 e. The van der Waals surface area contributed by atoms with Crippen LogP contribution in [0.3, 0.4) is 0 Å². The maximum absolute atomic E-state index is 12.5. The molecule has 0 spiro atoms. The number of benzene rings is 1. The zero-order valence-electron chi connectivity index (χ0n) is 12.5. The van der Waals surface area contributed by atoms with Crippen LogP contribution >= 0.6 is 0 Å². The molecule has 0 amide bonds. The molecule has 2 rings (SSSR count). The third kappa shape index (κ3) is 2.99. The lowest BCUT2D eigenvalue weighted by molar-refractivity contribution is 0.297. The molecule has 0 aliphatic heterocycles. The fraction of sp³-hybridized carbons (Fsp3) is 0.600. The highest BCUT2D eigenvalue weighted by Gasteiger charge is 2.23. The highest BCUT2D eigenvalue weighted by molar-refractivity contribution is 7.89. The SMILES string of the molecule is Cc1cc(C)c(S(=O)(=O)NCCC2CCC2)c(C)c1N. The molecular formula is C15H24N2O2S. The summed E-state index contributed by atoms with van der Waals surface area (Å²) in [6, 6.07) is 1.84. The number of aryl methyl sites for hydroxylation is 2. The number of hydrogen-bond donors (Lipinski definition) is 2. The number of nitrogens with one attached hydrogen (secondary N) is 1. The van der Waals surface area contributed by atoms with Crippen LogP contribution in [0.4, 0.5) is 5.69 Å². The second-order valence-electron chi connectivity index (χ2n) is 5.86. The third-order valence-electron chi connectivity index (χ3n) is 4.30. The van der Waals surface area contributed by atoms with Crippen molar-refractivity contribution in [2.24, 2.45) is 5.92 Å². The molecule has 0 radical (unpaired) electrons. The fourth-order valence-corrected chi connectivity index (χ4v) is 4.37. The first-order valence-corrected chi connectivity index (χ1v) is 8.67. The third-order valence-corrected chi connectivity index (χ3v) is 6.05. The van der Waals surface area contributed by atoms with Gasteiger partial charge in [-0.3, -0.25) is 0 Å². The summed E-state index contributed by atoms with van der Waals surface area (Å²) in [5.41, 5.74) is 8.86. The number of anilines is 1. The highest BCUT2D eigenvalue weighted by Crippen LogP contribution is 2.30. The molecule has 1 saturated carbocycles. The Hall–Kier alpha value is -1.07. The van der Waals surface area contributed by atoms with Gasteiger partial charge in [0.1, 0.15) is 0 Å². The summed E-state index contributed by atoms with van der Waals surface area (Å²) in [5, 5.41) is 0. The van der Waals surface area contributed by atoms with Crippen LogP contribution < -0.4 is 10.5 Å². The van der Waals surface area contributed by atoms with Crippen LogP contribution in [0, 0.1) is 26.7 Å². The van der Waals surface area contributed by atoms with Gasteiger partial charge in [0.25, 0.3) is 0 Å². The van der Waals surface area contributed by atoms with E-state index < -0.39 is 10.0 Å². The molecule has 5 heteroatoms. The van der Waals surface area contributed by atoms with Crippen molar-refractivity contribution >= 4 is 15.7 Å². The minimum atomic E-state index is -3.47. The van der Waals surface area contributed by atoms with E-state index in [2.05, 4.69) is 4.72 Å². The van der Waals surface area contributed by atoms with E-state index in [9.17, 15) is 8.42 Å². The molecule has 0 aromatic heterocycles. The molecule has 1 aliphatic carbocycles. The van der Waals surface area contributed by atoms with Gasteiger partial charge in [0.15, 0.2) is 0 Å². The Balaban J connectivity index is 2.18. The van der Waals surface area contributed by atoms with Crippen molar-refractivity contribution in [1.29, 1.82) is 0 Å². The Labute approximate surface area is 121 Å². The van der Waals surface area contributed by atoms with Gasteiger partial charge in [-0.05, 0) is 49.8 Å². The summed E-state index contributed by atoms with van der Waals surface area (Å²) in [7, 11) is -3.47. The van der Waals surface area contributed by atoms with Crippen LogP contribution in [-0.2, 0) is 10.0 Å². The lowest BCUT2D eigenvalue weighted by Crippen LogP contribution is -2.29. The second-order valence-corrected chi connectivity index (χ2v) is 7.57. The minimum Gasteiger partial charge on any atom is -0.398 e. The van der Waals surface area contributed by atoms with Crippen LogP contribution in [0.15, 0.2) is 11.0 Å². The monoisotopic (exact) mass is 296 g/mol. The predicted octanol–water partition coefficient (Wildman–Crippen LogP) is 2.66. The van der Waals surface area contributed by atoms with Gasteiger partial charge in [-0.1, -0.05) is 25.3 Å². The average molecular weight is 296 g/mol. The molecule has 0 bridgehead atoms. The van der Waals surface area contributed by atoms with Crippen molar-refractivity contribution in [3.05, 3.63) is 22.8 Å². The van der Waals surface area contributed by atoms with E-state index in [1.54, 1.807) is 6.92 Å². The standard InChI is InChI=1S/C15H24N2O2S/c1-10-9-11(2)15(12(3)14(10)16)20(18,19)17-8-7-13-5-4-6-13/h9,13,17H,4-8,16H2,1-3H3. The summed E-state index contributed by atoms with van der Waals surface area (Å²) in [6.07, 6.45) is 4.68. The molecule has 0 unspecified atom stereocenters. The topological polar surface area (TPSA) is 72.2 Å². The van der Waals surface area contributed by atoms with E-state index in [0.717, 1.165) is 17.5 Å². The van der Waals surface area contributed by atoms with Crippen molar-refractivity contribution in [2.75, 3.05) is 12.3 Å². The predicted molar refractivity (Wildman–Crippen MR) is 82.2 cm³/mol. The Morgan fingerprint density at radius 2 is 1.90 bits per heavy atom. The molecule has 112 valence electrons. The van der Waals surface area contributed by atoms with Crippen molar-refractivity contribution < 1.29 is 8.42 Å². The van der Waals surface area contributed by atoms with Crippen molar-refractivity contribution in [3.63, 3.8) is 0 Å². The molecule has 0 saturated heterocycles. The van der Waals surface area contributed by atoms with E-state index in [0.29, 0.717) is 28.6 Å². The molecule has 0 heterocycles. The highest BCUT2D eigenvalue weighted by atomic mass is 32.2. The summed E-state index contributed by atoms with van der Waals surface area (Å²) < 4.78 is 27.6. The maximum atomic E-state index is 12.5. The van der Waals surface area contributed by atoms with Gasteiger partial charge in [0, 0.05) is 12.2 Å². The van der Waals surface area contributed by atoms with Crippen LogP contribution in [0.5, 0.6) is 0 Å². The van der Waals surface area contributed by atoms with E-state index in [4.69, 9.17) is 5.73 Å². The zero-order chi connectivity index (χ0) is 14.9. The van der Waals surface area contributed by atoms with E-state index >= 15 is 0 Å². The minimum absolute atomic E-state index is 0.342. The van der Waals surface area contributed by atoms with Crippen LogP contribution in [0.1, 0.15) is 42.4 Å². The summed E-state index contributed by atoms with van der Waals surface area (Å²) in [4.78, 5) is 0.342. The van der Waals surface area contributed by atoms with Gasteiger partial charge in [-0.2, -0.15) is 0 Å². The normalized spacial score (nSPS) is 16.1. The second kappa shape index (κ2) is 5.74. The number of rotatable bonds is 5. The van der Waals surface area contributed by atoms with Gasteiger partial charge >= 0.3 is 0 Å². The molecule has 3 N–H and O–H groups in total. The first kappa shape index (κ1) is 15.3. The van der Waals surface area contributed by atoms with Crippen LogP contribution in [-0.4, -0.2) is 15.0 Å². The number of nitrogens with two attached hydrogens (primary N) is 1. The number of hydrogen-bond acceptors (Lipinski definition) is 3. The number of sulfonamides is 1.